The van der Waals surface area contributed by atoms with Crippen LogP contribution in [0.25, 0.3) is 0 Å². The minimum atomic E-state index is 0.0651. The molecular weight excluding hydrogens is 248 g/mol. The second-order valence-electron chi connectivity index (χ2n) is 4.32. The van der Waals surface area contributed by atoms with Crippen molar-refractivity contribution >= 4 is 23.5 Å². The molecule has 0 spiro atoms. The van der Waals surface area contributed by atoms with Gasteiger partial charge in [0, 0.05) is 25.6 Å². The van der Waals surface area contributed by atoms with Gasteiger partial charge in [0.2, 0.25) is 5.91 Å². The Morgan fingerprint density at radius 3 is 2.89 bits per heavy atom. The Bertz CT molecular complexity index is 384. The van der Waals surface area contributed by atoms with E-state index in [1.54, 1.807) is 11.8 Å². The lowest BCUT2D eigenvalue weighted by Crippen LogP contribution is -2.28. The van der Waals surface area contributed by atoms with Crippen LogP contribution in [0.4, 0.5) is 5.82 Å². The van der Waals surface area contributed by atoms with Crippen LogP contribution < -0.4 is 10.6 Å². The molecule has 18 heavy (non-hydrogen) atoms. The van der Waals surface area contributed by atoms with E-state index in [9.17, 15) is 4.79 Å². The average Bonchev–Trinajstić information content (AvgIpc) is 2.36. The van der Waals surface area contributed by atoms with E-state index in [0.29, 0.717) is 18.9 Å². The monoisotopic (exact) mass is 268 g/mol. The predicted molar refractivity (Wildman–Crippen MR) is 74.8 cm³/mol. The van der Waals surface area contributed by atoms with Crippen LogP contribution in [0.5, 0.6) is 0 Å². The van der Waals surface area contributed by atoms with E-state index in [2.05, 4.69) is 34.4 Å². The largest absolute Gasteiger partial charge is 0.369 e. The molecule has 100 valence electrons. The fourth-order valence-electron chi connectivity index (χ4n) is 1.26. The summed E-state index contributed by atoms with van der Waals surface area (Å²) < 4.78 is 0. The topological polar surface area (TPSA) is 66.9 Å². The molecule has 0 aliphatic carbocycles. The summed E-state index contributed by atoms with van der Waals surface area (Å²) in [5, 5.41) is 6.90. The Balaban J connectivity index is 2.26. The van der Waals surface area contributed by atoms with Crippen molar-refractivity contribution in [1.82, 2.24) is 15.3 Å². The van der Waals surface area contributed by atoms with Crippen molar-refractivity contribution < 1.29 is 4.79 Å². The van der Waals surface area contributed by atoms with E-state index in [-0.39, 0.29) is 5.91 Å². The molecule has 1 aromatic heterocycles. The Morgan fingerprint density at radius 2 is 2.22 bits per heavy atom. The van der Waals surface area contributed by atoms with Crippen molar-refractivity contribution in [3.63, 3.8) is 0 Å². The molecule has 1 aromatic rings. The fourth-order valence-corrected chi connectivity index (χ4v) is 1.64. The quantitative estimate of drug-likeness (QED) is 0.583. The lowest BCUT2D eigenvalue weighted by Gasteiger charge is -2.08. The molecular formula is C12H20N4OS. The van der Waals surface area contributed by atoms with Crippen molar-refractivity contribution in [2.75, 3.05) is 24.7 Å². The molecule has 0 bridgehead atoms. The van der Waals surface area contributed by atoms with Crippen LogP contribution in [0.15, 0.2) is 17.4 Å². The second-order valence-corrected chi connectivity index (χ2v) is 5.15. The van der Waals surface area contributed by atoms with Crippen LogP contribution in [-0.4, -0.2) is 35.2 Å². The third kappa shape index (κ3) is 5.86. The van der Waals surface area contributed by atoms with Crippen LogP contribution in [-0.2, 0) is 4.79 Å². The molecule has 0 aliphatic rings. The van der Waals surface area contributed by atoms with Crippen LogP contribution in [0.3, 0.4) is 0 Å². The first-order valence-corrected chi connectivity index (χ1v) is 7.21. The van der Waals surface area contributed by atoms with Crippen LogP contribution >= 0.6 is 11.8 Å². The maximum Gasteiger partial charge on any atom is 0.221 e. The number of thioether (sulfide) groups is 1. The minimum Gasteiger partial charge on any atom is -0.369 e. The Kier molecular flexibility index (Phi) is 6.49. The molecule has 0 saturated carbocycles. The highest BCUT2D eigenvalue weighted by molar-refractivity contribution is 7.98. The number of anilines is 1. The SMILES string of the molecule is CSc1cc(NCCC(=O)NCC(C)C)ncn1. The molecule has 0 fully saturated rings. The molecule has 0 aromatic carbocycles. The third-order valence-corrected chi connectivity index (χ3v) is 2.86. The molecule has 0 atom stereocenters. The molecule has 0 radical (unpaired) electrons. The van der Waals surface area contributed by atoms with Crippen LogP contribution in [0, 0.1) is 5.92 Å². The van der Waals surface area contributed by atoms with Gasteiger partial charge in [-0.3, -0.25) is 4.79 Å². The number of hydrogen-bond acceptors (Lipinski definition) is 5. The summed E-state index contributed by atoms with van der Waals surface area (Å²) in [4.78, 5) is 19.6. The zero-order valence-corrected chi connectivity index (χ0v) is 11.9. The lowest BCUT2D eigenvalue weighted by atomic mass is 10.2. The van der Waals surface area contributed by atoms with Crippen LogP contribution in [0.2, 0.25) is 0 Å². The van der Waals surface area contributed by atoms with Crippen molar-refractivity contribution in [2.45, 2.75) is 25.3 Å². The first-order valence-electron chi connectivity index (χ1n) is 5.98. The van der Waals surface area contributed by atoms with E-state index in [1.165, 1.54) is 6.33 Å². The standard InChI is InChI=1S/C12H20N4OS/c1-9(2)7-14-11(17)4-5-13-10-6-12(18-3)16-8-15-10/h6,8-9H,4-5,7H2,1-3H3,(H,14,17)(H,13,15,16). The van der Waals surface area contributed by atoms with Crippen molar-refractivity contribution in [3.8, 4) is 0 Å². The Labute approximate surface area is 112 Å². The molecule has 2 N–H and O–H groups in total. The van der Waals surface area contributed by atoms with Gasteiger partial charge in [0.15, 0.2) is 0 Å². The van der Waals surface area contributed by atoms with Crippen molar-refractivity contribution in [2.24, 2.45) is 5.92 Å². The third-order valence-electron chi connectivity index (χ3n) is 2.22. The van der Waals surface area contributed by atoms with Crippen molar-refractivity contribution in [1.29, 1.82) is 0 Å². The molecule has 5 nitrogen and oxygen atoms in total. The first kappa shape index (κ1) is 14.8. The molecule has 0 saturated heterocycles. The van der Waals surface area contributed by atoms with Gasteiger partial charge in [-0.1, -0.05) is 13.8 Å². The normalized spacial score (nSPS) is 10.4. The zero-order valence-electron chi connectivity index (χ0n) is 11.1. The van der Waals surface area contributed by atoms with E-state index < -0.39 is 0 Å². The summed E-state index contributed by atoms with van der Waals surface area (Å²) in [6.45, 7) is 5.45. The average molecular weight is 268 g/mol. The van der Waals surface area contributed by atoms with E-state index in [4.69, 9.17) is 0 Å². The molecule has 1 rings (SSSR count). The highest BCUT2D eigenvalue weighted by atomic mass is 32.2. The zero-order chi connectivity index (χ0) is 13.4. The van der Waals surface area contributed by atoms with Gasteiger partial charge in [-0.15, -0.1) is 11.8 Å². The number of amides is 1. The number of nitrogens with zero attached hydrogens (tertiary/aromatic N) is 2. The summed E-state index contributed by atoms with van der Waals surface area (Å²) in [6.07, 6.45) is 3.93. The fraction of sp³-hybridized carbons (Fsp3) is 0.583. The summed E-state index contributed by atoms with van der Waals surface area (Å²) in [5.74, 6) is 1.30. The Hall–Kier alpha value is -1.30. The summed E-state index contributed by atoms with van der Waals surface area (Å²) >= 11 is 1.56. The van der Waals surface area contributed by atoms with Gasteiger partial charge >= 0.3 is 0 Å². The molecule has 1 heterocycles. The highest BCUT2D eigenvalue weighted by Gasteiger charge is 2.02. The summed E-state index contributed by atoms with van der Waals surface area (Å²) in [5.41, 5.74) is 0. The maximum absolute atomic E-state index is 11.5. The number of carbonyl (C=O) groups is 1. The van der Waals surface area contributed by atoms with Gasteiger partial charge in [0.1, 0.15) is 17.2 Å². The number of hydrogen-bond donors (Lipinski definition) is 2. The first-order chi connectivity index (χ1) is 8.61. The van der Waals surface area contributed by atoms with Gasteiger partial charge in [-0.25, -0.2) is 9.97 Å². The summed E-state index contributed by atoms with van der Waals surface area (Å²) in [7, 11) is 0. The molecule has 0 aliphatic heterocycles. The minimum absolute atomic E-state index is 0.0651. The smallest absolute Gasteiger partial charge is 0.221 e. The number of rotatable bonds is 7. The number of aromatic nitrogens is 2. The molecule has 1 amide bonds. The predicted octanol–water partition coefficient (Wildman–Crippen LogP) is 1.77. The van der Waals surface area contributed by atoms with Gasteiger partial charge in [0.05, 0.1) is 0 Å². The second kappa shape index (κ2) is 7.92. The van der Waals surface area contributed by atoms with Gasteiger partial charge in [0.25, 0.3) is 0 Å². The van der Waals surface area contributed by atoms with E-state index in [1.807, 2.05) is 12.3 Å². The number of carbonyl (C=O) groups excluding carboxylic acids is 1. The maximum atomic E-state index is 11.5. The number of nitrogens with one attached hydrogen (secondary N) is 2. The van der Waals surface area contributed by atoms with Crippen LogP contribution in [0.1, 0.15) is 20.3 Å². The van der Waals surface area contributed by atoms with Gasteiger partial charge < -0.3 is 10.6 Å². The van der Waals surface area contributed by atoms with E-state index >= 15 is 0 Å². The lowest BCUT2D eigenvalue weighted by molar-refractivity contribution is -0.120. The highest BCUT2D eigenvalue weighted by Crippen LogP contribution is 2.13. The Morgan fingerprint density at radius 1 is 1.44 bits per heavy atom. The van der Waals surface area contributed by atoms with E-state index in [0.717, 1.165) is 17.4 Å². The molecule has 0 unspecified atom stereocenters. The molecule has 6 heteroatoms. The van der Waals surface area contributed by atoms with Gasteiger partial charge in [-0.2, -0.15) is 0 Å². The summed E-state index contributed by atoms with van der Waals surface area (Å²) in [6, 6.07) is 1.87. The van der Waals surface area contributed by atoms with Gasteiger partial charge in [-0.05, 0) is 12.2 Å². The van der Waals surface area contributed by atoms with Crippen molar-refractivity contribution in [3.05, 3.63) is 12.4 Å².